The summed E-state index contributed by atoms with van der Waals surface area (Å²) in [7, 11) is -9.75. The predicted molar refractivity (Wildman–Crippen MR) is 263 cm³/mol. The van der Waals surface area contributed by atoms with Crippen molar-refractivity contribution in [1.29, 1.82) is 0 Å². The van der Waals surface area contributed by atoms with Crippen LogP contribution in [0.1, 0.15) is 90.2 Å². The van der Waals surface area contributed by atoms with Gasteiger partial charge in [0.2, 0.25) is 5.79 Å². The van der Waals surface area contributed by atoms with Crippen LogP contribution in [0.3, 0.4) is 0 Å². The standard InChI is InChI=1S/C39H50N5O8PSi2.C9H16N2/c1-37(2,3)54(7,8)51-32-36(44-26-42-31-33(40-25-41-34(31)44)43-35(45)27-18-12-9-13-19-27)50-30(39(32,46)52-53(47)48)24-49-55(38(4,5)6,28-20-14-10-15-21-28)29-22-16-11-17-23-29;1-2-5-9-10-6-4-8-11(9)7-3-1/h9-23,25-26,30,32,36,46,53H,24H2,1-8H3,(H,47,48)(H,40,41,43,45);1-8H2/t30-,32+,36-,39+;/m1./s1. The van der Waals surface area contributed by atoms with Gasteiger partial charge in [-0.05, 0) is 64.9 Å². The van der Waals surface area contributed by atoms with E-state index in [0.717, 1.165) is 16.9 Å². The summed E-state index contributed by atoms with van der Waals surface area (Å²) in [6, 6.07) is 28.7. The molecule has 0 bridgehead atoms. The second-order valence-corrected chi connectivity index (χ2v) is 29.5. The lowest BCUT2D eigenvalue weighted by molar-refractivity contribution is -0.212. The molecule has 3 aliphatic rings. The van der Waals surface area contributed by atoms with Gasteiger partial charge >= 0.3 is 8.25 Å². The zero-order valence-corrected chi connectivity index (χ0v) is 42.4. The van der Waals surface area contributed by atoms with Crippen LogP contribution in [-0.2, 0) is 22.7 Å². The topological polar surface area (TPSA) is 183 Å². The number of nitrogens with one attached hydrogen (secondary N) is 1. The number of nitrogens with zero attached hydrogens (tertiary/aromatic N) is 6. The Morgan fingerprint density at radius 2 is 1.48 bits per heavy atom. The Bertz CT molecular complexity index is 2430. The van der Waals surface area contributed by atoms with Crippen molar-refractivity contribution in [3.05, 3.63) is 109 Å². The molecular weight excluding hydrogens is 890 g/mol. The number of anilines is 1. The fourth-order valence-corrected chi connectivity index (χ4v) is 15.2. The van der Waals surface area contributed by atoms with Gasteiger partial charge in [0, 0.05) is 31.6 Å². The van der Waals surface area contributed by atoms with Gasteiger partial charge in [0.15, 0.2) is 31.5 Å². The highest BCUT2D eigenvalue weighted by atomic mass is 31.1. The van der Waals surface area contributed by atoms with Crippen LogP contribution in [0.5, 0.6) is 0 Å². The summed E-state index contributed by atoms with van der Waals surface area (Å²) in [4.78, 5) is 43.9. The largest absolute Gasteiger partial charge is 0.405 e. The molecule has 3 N–H and O–H groups in total. The molecule has 2 saturated heterocycles. The van der Waals surface area contributed by atoms with Crippen LogP contribution in [0.15, 0.2) is 109 Å². The summed E-state index contributed by atoms with van der Waals surface area (Å²) >= 11 is 0. The number of imidazole rings is 1. The number of carbonyl (C=O) groups is 1. The maximum absolute atomic E-state index is 13.1. The molecule has 354 valence electrons. The number of amides is 1. The van der Waals surface area contributed by atoms with Crippen LogP contribution in [-0.4, -0.2) is 107 Å². The van der Waals surface area contributed by atoms with Crippen LogP contribution in [0, 0.1) is 0 Å². The Labute approximate surface area is 391 Å². The Hall–Kier alpha value is -4.43. The van der Waals surface area contributed by atoms with E-state index in [1.165, 1.54) is 63.7 Å². The van der Waals surface area contributed by atoms with Gasteiger partial charge in [-0.3, -0.25) is 23.4 Å². The molecule has 1 amide bonds. The zero-order valence-electron chi connectivity index (χ0n) is 39.4. The summed E-state index contributed by atoms with van der Waals surface area (Å²) in [6.07, 6.45) is 5.53. The van der Waals surface area contributed by atoms with Crippen LogP contribution < -0.4 is 15.7 Å². The van der Waals surface area contributed by atoms with Crippen LogP contribution in [0.25, 0.3) is 11.2 Å². The fourth-order valence-electron chi connectivity index (χ4n) is 8.80. The Balaban J connectivity index is 0.000000511. The number of fused-ring (bicyclic) bond motifs is 2. The number of ether oxygens (including phenoxy) is 1. The van der Waals surface area contributed by atoms with E-state index in [9.17, 15) is 19.4 Å². The van der Waals surface area contributed by atoms with Crippen molar-refractivity contribution in [3.63, 3.8) is 0 Å². The van der Waals surface area contributed by atoms with Gasteiger partial charge in [-0.15, -0.1) is 0 Å². The van der Waals surface area contributed by atoms with Crippen molar-refractivity contribution in [3.8, 4) is 0 Å². The number of benzene rings is 3. The number of rotatable bonds is 12. The molecule has 2 aromatic heterocycles. The van der Waals surface area contributed by atoms with Crippen molar-refractivity contribution < 1.29 is 37.5 Å². The van der Waals surface area contributed by atoms with E-state index in [1.807, 2.05) is 101 Å². The normalized spacial score (nSPS) is 22.1. The first kappa shape index (κ1) is 49.5. The average molecular weight is 956 g/mol. The lowest BCUT2D eigenvalue weighted by Gasteiger charge is -2.44. The van der Waals surface area contributed by atoms with E-state index in [-0.39, 0.29) is 34.5 Å². The molecular formula is C48H66N7O8PSi2. The third-order valence-electron chi connectivity index (χ3n) is 13.3. The minimum Gasteiger partial charge on any atom is -0.405 e. The fraction of sp³-hybridized carbons (Fsp3) is 0.479. The SMILES string of the molecule is C1CCC2=NCCCN2CC1.CC(C)(C)[Si](C)(C)O[C@H]1[C@H](n2cnc3c(NC(=O)c4ccccc4)ncnc32)O[C@H](CO[Si](c2ccccc2)(c2ccccc2)C(C)(C)C)[C@]1(O)O[PH](=O)O. The minimum atomic E-state index is -3.78. The van der Waals surface area contributed by atoms with Crippen molar-refractivity contribution >= 4 is 64.0 Å². The molecule has 0 aliphatic carbocycles. The molecule has 5 atom stereocenters. The number of hydrogen-bond acceptors (Lipinski definition) is 12. The van der Waals surface area contributed by atoms with Gasteiger partial charge < -0.3 is 33.8 Å². The van der Waals surface area contributed by atoms with Gasteiger partial charge in [0.25, 0.3) is 14.2 Å². The number of aromatic nitrogens is 4. The molecule has 3 aliphatic heterocycles. The van der Waals surface area contributed by atoms with E-state index in [1.54, 1.807) is 28.8 Å². The number of carbonyl (C=O) groups excluding carboxylic acids is 1. The van der Waals surface area contributed by atoms with Crippen molar-refractivity contribution in [1.82, 2.24) is 24.4 Å². The second kappa shape index (κ2) is 20.4. The first-order valence-corrected chi connectivity index (χ1v) is 29.0. The summed E-state index contributed by atoms with van der Waals surface area (Å²) in [5.41, 5.74) is 0.953. The smallest absolute Gasteiger partial charge is 0.319 e. The lowest BCUT2D eigenvalue weighted by atomic mass is 10.1. The average Bonchev–Trinajstić information content (AvgIpc) is 3.71. The van der Waals surface area contributed by atoms with E-state index < -0.39 is 54.2 Å². The number of aliphatic hydroxyl groups is 1. The summed E-state index contributed by atoms with van der Waals surface area (Å²) in [5.74, 6) is -1.29. The van der Waals surface area contributed by atoms with Crippen molar-refractivity contribution in [2.45, 2.75) is 121 Å². The highest BCUT2D eigenvalue weighted by Gasteiger charge is 2.63. The lowest BCUT2D eigenvalue weighted by Crippen LogP contribution is -2.67. The quantitative estimate of drug-likeness (QED) is 0.0631. The Morgan fingerprint density at radius 3 is 2.09 bits per heavy atom. The molecule has 1 unspecified atom stereocenters. The molecule has 18 heteroatoms. The summed E-state index contributed by atoms with van der Waals surface area (Å²) in [5, 5.41) is 16.8. The minimum absolute atomic E-state index is 0.163. The third-order valence-corrected chi connectivity index (χ3v) is 23.2. The molecule has 5 heterocycles. The van der Waals surface area contributed by atoms with Gasteiger partial charge in [0.1, 0.15) is 18.5 Å². The van der Waals surface area contributed by atoms with Gasteiger partial charge in [-0.25, -0.2) is 15.0 Å². The first-order chi connectivity index (χ1) is 31.4. The van der Waals surface area contributed by atoms with Crippen LogP contribution in [0.4, 0.5) is 5.82 Å². The number of amidine groups is 1. The summed E-state index contributed by atoms with van der Waals surface area (Å²) in [6.45, 7) is 19.9. The molecule has 15 nitrogen and oxygen atoms in total. The molecule has 0 radical (unpaired) electrons. The molecule has 3 aromatic carbocycles. The second-order valence-electron chi connectivity index (χ2n) is 19.7. The third kappa shape index (κ3) is 10.5. The van der Waals surface area contributed by atoms with Crippen LogP contribution in [0.2, 0.25) is 23.2 Å². The molecule has 8 rings (SSSR count). The van der Waals surface area contributed by atoms with Crippen molar-refractivity contribution in [2.75, 3.05) is 31.6 Å². The first-order valence-electron chi connectivity index (χ1n) is 22.9. The maximum Gasteiger partial charge on any atom is 0.319 e. The highest BCUT2D eigenvalue weighted by Crippen LogP contribution is 2.49. The van der Waals surface area contributed by atoms with Gasteiger partial charge in [-0.1, -0.05) is 127 Å². The Morgan fingerprint density at radius 1 is 0.864 bits per heavy atom. The van der Waals surface area contributed by atoms with Gasteiger partial charge in [0.05, 0.1) is 18.8 Å². The van der Waals surface area contributed by atoms with E-state index in [0.29, 0.717) is 5.56 Å². The Kier molecular flexibility index (Phi) is 15.3. The van der Waals surface area contributed by atoms with Gasteiger partial charge in [-0.2, -0.15) is 0 Å². The molecule has 66 heavy (non-hydrogen) atoms. The van der Waals surface area contributed by atoms with Crippen LogP contribution >= 0.6 is 8.25 Å². The summed E-state index contributed by atoms with van der Waals surface area (Å²) < 4.78 is 40.7. The molecule has 0 spiro atoms. The number of hydrogen-bond donors (Lipinski definition) is 3. The molecule has 2 fully saturated rings. The number of aliphatic imine (C=N–C) groups is 1. The van der Waals surface area contributed by atoms with Crippen molar-refractivity contribution in [2.24, 2.45) is 4.99 Å². The van der Waals surface area contributed by atoms with E-state index >= 15 is 0 Å². The highest BCUT2D eigenvalue weighted by molar-refractivity contribution is 7.32. The zero-order chi connectivity index (χ0) is 47.3. The van der Waals surface area contributed by atoms with E-state index in [4.69, 9.17) is 18.1 Å². The maximum atomic E-state index is 13.1. The molecule has 5 aromatic rings. The monoisotopic (exact) mass is 955 g/mol. The predicted octanol–water partition coefficient (Wildman–Crippen LogP) is 7.69. The van der Waals surface area contributed by atoms with E-state index in [2.05, 4.69) is 50.9 Å². The molecule has 0 saturated carbocycles.